The molecule has 1 rings (SSSR count). The van der Waals surface area contributed by atoms with Gasteiger partial charge in [0.25, 0.3) is 0 Å². The van der Waals surface area contributed by atoms with Crippen molar-refractivity contribution in [2.45, 2.75) is 39.7 Å². The number of anilines is 1. The number of carbonyl (C=O) groups is 1. The Balaban J connectivity index is 2.85. The van der Waals surface area contributed by atoms with Crippen molar-refractivity contribution < 1.29 is 17.9 Å². The van der Waals surface area contributed by atoms with Gasteiger partial charge in [0, 0.05) is 29.6 Å². The Bertz CT molecular complexity index is 712. The monoisotopic (exact) mass is 376 g/mol. The van der Waals surface area contributed by atoms with Crippen LogP contribution in [0.5, 0.6) is 5.75 Å². The maximum absolute atomic E-state index is 12.2. The van der Waals surface area contributed by atoms with Crippen molar-refractivity contribution in [3.8, 4) is 5.75 Å². The third-order valence-electron chi connectivity index (χ3n) is 3.45. The molecule has 1 aromatic carbocycles. The van der Waals surface area contributed by atoms with E-state index >= 15 is 0 Å². The zero-order valence-corrected chi connectivity index (χ0v) is 16.5. The summed E-state index contributed by atoms with van der Waals surface area (Å²) in [4.78, 5) is 12.2. The van der Waals surface area contributed by atoms with Gasteiger partial charge in [0.1, 0.15) is 5.75 Å². The number of methoxy groups -OCH3 is 1. The normalized spacial score (nSPS) is 12.3. The van der Waals surface area contributed by atoms with Crippen LogP contribution in [0, 0.1) is 6.92 Å². The highest BCUT2D eigenvalue weighted by atomic mass is 35.5. The van der Waals surface area contributed by atoms with E-state index in [1.807, 2.05) is 6.92 Å². The van der Waals surface area contributed by atoms with Gasteiger partial charge in [-0.3, -0.25) is 4.79 Å². The number of ether oxygens (including phenoxy) is 1. The first-order chi connectivity index (χ1) is 10.9. The number of carbonyl (C=O) groups excluding carboxylic acids is 1. The molecule has 0 aliphatic carbocycles. The number of aryl methyl sites for hydroxylation is 1. The number of halogens is 1. The average molecular weight is 377 g/mol. The summed E-state index contributed by atoms with van der Waals surface area (Å²) in [5, 5.41) is 3.29. The van der Waals surface area contributed by atoms with Crippen molar-refractivity contribution in [1.82, 2.24) is 4.31 Å². The smallest absolute Gasteiger partial charge is 0.225 e. The van der Waals surface area contributed by atoms with E-state index in [-0.39, 0.29) is 18.9 Å². The zero-order chi connectivity index (χ0) is 18.7. The number of hydrogen-bond donors (Lipinski definition) is 1. The molecule has 0 fully saturated rings. The third-order valence-corrected chi connectivity index (χ3v) is 5.38. The van der Waals surface area contributed by atoms with Crippen LogP contribution in [0.25, 0.3) is 0 Å². The minimum absolute atomic E-state index is 0.0369. The molecule has 1 amide bonds. The summed E-state index contributed by atoms with van der Waals surface area (Å²) in [5.41, 5.74) is 0.717. The summed E-state index contributed by atoms with van der Waals surface area (Å²) < 4.78 is 30.3. The van der Waals surface area contributed by atoms with Gasteiger partial charge in [-0.1, -0.05) is 11.6 Å². The van der Waals surface area contributed by atoms with Gasteiger partial charge in [-0.2, -0.15) is 4.31 Å². The van der Waals surface area contributed by atoms with Crippen LogP contribution in [0.3, 0.4) is 0 Å². The SMILES string of the molecule is COc1cc(Cl)c(C)cc1NC(=O)CCN(C(C)(C)C)S(C)(=O)=O. The molecule has 1 N–H and O–H groups in total. The fraction of sp³-hybridized carbons (Fsp3) is 0.562. The third kappa shape index (κ3) is 5.65. The molecular formula is C16H25ClN2O4S. The summed E-state index contributed by atoms with van der Waals surface area (Å²) in [5.74, 6) is 0.155. The van der Waals surface area contributed by atoms with E-state index in [1.165, 1.54) is 11.4 Å². The standard InChI is InChI=1S/C16H25ClN2O4S/c1-11-9-13(14(23-5)10-12(11)17)18-15(20)7-8-19(16(2,3)4)24(6,21)22/h9-10H,7-8H2,1-6H3,(H,18,20). The molecule has 1 aromatic rings. The zero-order valence-electron chi connectivity index (χ0n) is 14.9. The van der Waals surface area contributed by atoms with Crippen molar-refractivity contribution in [1.29, 1.82) is 0 Å². The minimum atomic E-state index is -3.41. The fourth-order valence-corrected chi connectivity index (χ4v) is 3.92. The Morgan fingerprint density at radius 3 is 2.38 bits per heavy atom. The van der Waals surface area contributed by atoms with Gasteiger partial charge < -0.3 is 10.1 Å². The van der Waals surface area contributed by atoms with E-state index in [0.717, 1.165) is 11.8 Å². The number of nitrogens with one attached hydrogen (secondary N) is 1. The first-order valence-electron chi connectivity index (χ1n) is 7.48. The molecular weight excluding hydrogens is 352 g/mol. The quantitative estimate of drug-likeness (QED) is 0.827. The molecule has 0 atom stereocenters. The van der Waals surface area contributed by atoms with E-state index in [0.29, 0.717) is 16.5 Å². The number of benzene rings is 1. The van der Waals surface area contributed by atoms with Gasteiger partial charge in [0.15, 0.2) is 0 Å². The second kappa shape index (κ2) is 7.72. The summed E-state index contributed by atoms with van der Waals surface area (Å²) in [6.45, 7) is 7.29. The Kier molecular flexibility index (Phi) is 6.67. The predicted octanol–water partition coefficient (Wildman–Crippen LogP) is 3.05. The lowest BCUT2D eigenvalue weighted by atomic mass is 10.1. The van der Waals surface area contributed by atoms with E-state index in [4.69, 9.17) is 16.3 Å². The van der Waals surface area contributed by atoms with E-state index in [9.17, 15) is 13.2 Å². The lowest BCUT2D eigenvalue weighted by Gasteiger charge is -2.33. The maximum Gasteiger partial charge on any atom is 0.225 e. The lowest BCUT2D eigenvalue weighted by molar-refractivity contribution is -0.116. The van der Waals surface area contributed by atoms with Crippen LogP contribution >= 0.6 is 11.6 Å². The van der Waals surface area contributed by atoms with Crippen molar-refractivity contribution in [2.24, 2.45) is 0 Å². The van der Waals surface area contributed by atoms with Crippen molar-refractivity contribution >= 4 is 33.2 Å². The van der Waals surface area contributed by atoms with Gasteiger partial charge in [-0.05, 0) is 39.3 Å². The van der Waals surface area contributed by atoms with E-state index < -0.39 is 15.6 Å². The van der Waals surface area contributed by atoms with Crippen molar-refractivity contribution in [3.63, 3.8) is 0 Å². The van der Waals surface area contributed by atoms with Crippen LogP contribution in [0.4, 0.5) is 5.69 Å². The molecule has 0 saturated carbocycles. The van der Waals surface area contributed by atoms with Gasteiger partial charge in [-0.15, -0.1) is 0 Å². The van der Waals surface area contributed by atoms with Crippen LogP contribution in [-0.4, -0.2) is 44.1 Å². The van der Waals surface area contributed by atoms with Crippen LogP contribution in [0.1, 0.15) is 32.8 Å². The Morgan fingerprint density at radius 1 is 1.33 bits per heavy atom. The second-order valence-electron chi connectivity index (χ2n) is 6.61. The van der Waals surface area contributed by atoms with Crippen LogP contribution in [0.2, 0.25) is 5.02 Å². The fourth-order valence-electron chi connectivity index (χ4n) is 2.34. The number of rotatable bonds is 6. The molecule has 0 aromatic heterocycles. The van der Waals surface area contributed by atoms with E-state index in [1.54, 1.807) is 32.9 Å². The molecule has 24 heavy (non-hydrogen) atoms. The second-order valence-corrected chi connectivity index (χ2v) is 8.92. The molecule has 136 valence electrons. The van der Waals surface area contributed by atoms with Gasteiger partial charge in [-0.25, -0.2) is 8.42 Å². The van der Waals surface area contributed by atoms with Gasteiger partial charge >= 0.3 is 0 Å². The largest absolute Gasteiger partial charge is 0.495 e. The van der Waals surface area contributed by atoms with Gasteiger partial charge in [0.05, 0.1) is 19.1 Å². The molecule has 0 aliphatic rings. The Labute approximate surface area is 149 Å². The Hall–Kier alpha value is -1.31. The maximum atomic E-state index is 12.2. The highest BCUT2D eigenvalue weighted by molar-refractivity contribution is 7.88. The number of hydrogen-bond acceptors (Lipinski definition) is 4. The predicted molar refractivity (Wildman–Crippen MR) is 97.3 cm³/mol. The molecule has 8 heteroatoms. The first-order valence-corrected chi connectivity index (χ1v) is 9.70. The van der Waals surface area contributed by atoms with Gasteiger partial charge in [0.2, 0.25) is 15.9 Å². The molecule has 0 radical (unpaired) electrons. The first kappa shape index (κ1) is 20.7. The molecule has 0 unspecified atom stereocenters. The number of amides is 1. The lowest BCUT2D eigenvalue weighted by Crippen LogP contribution is -2.46. The number of sulfonamides is 1. The van der Waals surface area contributed by atoms with Crippen LogP contribution < -0.4 is 10.1 Å². The molecule has 6 nitrogen and oxygen atoms in total. The van der Waals surface area contributed by atoms with Crippen LogP contribution in [-0.2, 0) is 14.8 Å². The average Bonchev–Trinajstić information content (AvgIpc) is 2.39. The van der Waals surface area contributed by atoms with Crippen LogP contribution in [0.15, 0.2) is 12.1 Å². The highest BCUT2D eigenvalue weighted by Crippen LogP contribution is 2.31. The molecule has 0 saturated heterocycles. The van der Waals surface area contributed by atoms with E-state index in [2.05, 4.69) is 5.32 Å². The summed E-state index contributed by atoms with van der Waals surface area (Å²) in [6, 6.07) is 3.35. The highest BCUT2D eigenvalue weighted by Gasteiger charge is 2.29. The molecule has 0 bridgehead atoms. The minimum Gasteiger partial charge on any atom is -0.495 e. The molecule has 0 spiro atoms. The summed E-state index contributed by atoms with van der Waals surface area (Å²) in [6.07, 6.45) is 1.18. The topological polar surface area (TPSA) is 75.7 Å². The van der Waals surface area contributed by atoms with Crippen molar-refractivity contribution in [3.05, 3.63) is 22.7 Å². The summed E-state index contributed by atoms with van der Waals surface area (Å²) in [7, 11) is -1.92. The summed E-state index contributed by atoms with van der Waals surface area (Å²) >= 11 is 6.04. The van der Waals surface area contributed by atoms with Crippen molar-refractivity contribution in [2.75, 3.05) is 25.2 Å². The number of nitrogens with zero attached hydrogens (tertiary/aromatic N) is 1. The molecule has 0 aliphatic heterocycles. The Morgan fingerprint density at radius 2 is 1.92 bits per heavy atom. The molecule has 0 heterocycles.